The van der Waals surface area contributed by atoms with Gasteiger partial charge < -0.3 is 10.2 Å². The van der Waals surface area contributed by atoms with Gasteiger partial charge in [-0.3, -0.25) is 0 Å². The number of thiazole rings is 1. The summed E-state index contributed by atoms with van der Waals surface area (Å²) in [6, 6.07) is 0. The molecule has 0 unspecified atom stereocenters. The summed E-state index contributed by atoms with van der Waals surface area (Å²) in [7, 11) is 0. The average Bonchev–Trinajstić information content (AvgIpc) is 2.31. The van der Waals surface area contributed by atoms with Crippen LogP contribution in [0.25, 0.3) is 0 Å². The molecule has 1 aromatic rings. The molecule has 0 aromatic carbocycles. The van der Waals surface area contributed by atoms with Crippen LogP contribution in [-0.4, -0.2) is 21.2 Å². The van der Waals surface area contributed by atoms with Crippen molar-refractivity contribution in [2.45, 2.75) is 13.3 Å². The van der Waals surface area contributed by atoms with Crippen molar-refractivity contribution >= 4 is 17.3 Å². The molecule has 60 valence electrons. The summed E-state index contributed by atoms with van der Waals surface area (Å²) in [6.45, 7) is 1.83. The molecule has 0 aliphatic rings. The molecule has 0 saturated carbocycles. The van der Waals surface area contributed by atoms with E-state index in [0.29, 0.717) is 11.3 Å². The molecule has 0 spiro atoms. The molecule has 4 nitrogen and oxygen atoms in total. The number of hydrogen-bond donors (Lipinski definition) is 2. The summed E-state index contributed by atoms with van der Waals surface area (Å²) in [6.07, 6.45) is 0.608. The maximum Gasteiger partial charge on any atom is 0.365 e. The van der Waals surface area contributed by atoms with Gasteiger partial charge in [-0.05, 0) is 6.42 Å². The monoisotopic (exact) mass is 173 g/mol. The topological polar surface area (TPSA) is 70.4 Å². The number of carboxylic acid groups (broad SMARTS) is 1. The van der Waals surface area contributed by atoms with Crippen molar-refractivity contribution in [3.63, 3.8) is 0 Å². The minimum atomic E-state index is -1.09. The fourth-order valence-electron chi connectivity index (χ4n) is 0.665. The highest BCUT2D eigenvalue weighted by Crippen LogP contribution is 2.23. The number of rotatable bonds is 2. The second-order valence-electron chi connectivity index (χ2n) is 1.92. The van der Waals surface area contributed by atoms with Crippen LogP contribution >= 0.6 is 11.3 Å². The van der Waals surface area contributed by atoms with Gasteiger partial charge >= 0.3 is 5.97 Å². The molecule has 1 heterocycles. The number of aryl methyl sites for hydroxylation is 1. The summed E-state index contributed by atoms with van der Waals surface area (Å²) >= 11 is 1.01. The summed E-state index contributed by atoms with van der Waals surface area (Å²) in [5.41, 5.74) is 0. The summed E-state index contributed by atoms with van der Waals surface area (Å²) < 4.78 is 0. The molecule has 0 saturated heterocycles. The molecule has 1 aromatic heterocycles. The van der Waals surface area contributed by atoms with Gasteiger partial charge in [0.25, 0.3) is 0 Å². The molecule has 0 amide bonds. The molecule has 0 bridgehead atoms. The van der Waals surface area contributed by atoms with Crippen LogP contribution in [0.1, 0.15) is 21.6 Å². The minimum Gasteiger partial charge on any atom is -0.492 e. The van der Waals surface area contributed by atoms with Gasteiger partial charge in [0.1, 0.15) is 0 Å². The molecule has 5 heteroatoms. The second kappa shape index (κ2) is 2.87. The molecule has 1 rings (SSSR count). The van der Waals surface area contributed by atoms with Gasteiger partial charge in [0.15, 0.2) is 0 Å². The van der Waals surface area contributed by atoms with E-state index in [1.165, 1.54) is 0 Å². The molecule has 0 atom stereocenters. The Balaban J connectivity index is 3.05. The zero-order valence-corrected chi connectivity index (χ0v) is 6.68. The largest absolute Gasteiger partial charge is 0.492 e. The van der Waals surface area contributed by atoms with Crippen molar-refractivity contribution in [3.05, 3.63) is 9.88 Å². The highest BCUT2D eigenvalue weighted by molar-refractivity contribution is 7.13. The maximum atomic E-state index is 10.3. The molecule has 2 N–H and O–H groups in total. The van der Waals surface area contributed by atoms with Gasteiger partial charge in [0, 0.05) is 0 Å². The molecule has 0 aliphatic heterocycles. The van der Waals surface area contributed by atoms with E-state index in [-0.39, 0.29) is 10.9 Å². The SMILES string of the molecule is CCc1sc(C(=O)O)nc1O. The van der Waals surface area contributed by atoms with Crippen LogP contribution < -0.4 is 0 Å². The van der Waals surface area contributed by atoms with E-state index in [1.54, 1.807) is 0 Å². The molecular formula is C6H7NO3S. The predicted molar refractivity (Wildman–Crippen MR) is 40.1 cm³/mol. The standard InChI is InChI=1S/C6H7NO3S/c1-2-3-4(8)7-5(11-3)6(9)10/h8H,2H2,1H3,(H,9,10). The normalized spacial score (nSPS) is 9.91. The third-order valence-corrected chi connectivity index (χ3v) is 2.36. The van der Waals surface area contributed by atoms with Crippen LogP contribution in [0.3, 0.4) is 0 Å². The Morgan fingerprint density at radius 1 is 1.73 bits per heavy atom. The maximum absolute atomic E-state index is 10.3. The molecule has 0 fully saturated rings. The third kappa shape index (κ3) is 1.48. The van der Waals surface area contributed by atoms with E-state index in [2.05, 4.69) is 4.98 Å². The van der Waals surface area contributed by atoms with Gasteiger partial charge in [-0.15, -0.1) is 11.3 Å². The molecule has 0 radical (unpaired) electrons. The lowest BCUT2D eigenvalue weighted by Crippen LogP contribution is -1.93. The highest BCUT2D eigenvalue weighted by atomic mass is 32.1. The van der Waals surface area contributed by atoms with E-state index < -0.39 is 5.97 Å². The van der Waals surface area contributed by atoms with Crippen LogP contribution in [0.4, 0.5) is 0 Å². The summed E-state index contributed by atoms with van der Waals surface area (Å²) in [4.78, 5) is 14.4. The zero-order chi connectivity index (χ0) is 8.43. The van der Waals surface area contributed by atoms with Gasteiger partial charge in [0.05, 0.1) is 4.88 Å². The first-order valence-electron chi connectivity index (χ1n) is 3.07. The van der Waals surface area contributed by atoms with E-state index >= 15 is 0 Å². The number of aromatic nitrogens is 1. The minimum absolute atomic E-state index is 0.0562. The number of aromatic carboxylic acids is 1. The van der Waals surface area contributed by atoms with Gasteiger partial charge in [-0.1, -0.05) is 6.92 Å². The Bertz CT molecular complexity index is 281. The summed E-state index contributed by atoms with van der Waals surface area (Å²) in [5, 5.41) is 17.4. The average molecular weight is 173 g/mol. The first-order valence-corrected chi connectivity index (χ1v) is 3.88. The predicted octanol–water partition coefficient (Wildman–Crippen LogP) is 1.11. The van der Waals surface area contributed by atoms with Crippen molar-refractivity contribution in [2.75, 3.05) is 0 Å². The van der Waals surface area contributed by atoms with Crippen LogP contribution in [0.5, 0.6) is 5.88 Å². The first kappa shape index (κ1) is 8.00. The Kier molecular flexibility index (Phi) is 2.09. The smallest absolute Gasteiger partial charge is 0.365 e. The Morgan fingerprint density at radius 3 is 2.64 bits per heavy atom. The van der Waals surface area contributed by atoms with E-state index in [9.17, 15) is 4.79 Å². The number of carboxylic acids is 1. The molecular weight excluding hydrogens is 166 g/mol. The lowest BCUT2D eigenvalue weighted by atomic mass is 10.4. The third-order valence-electron chi connectivity index (χ3n) is 1.18. The zero-order valence-electron chi connectivity index (χ0n) is 5.87. The quantitative estimate of drug-likeness (QED) is 0.702. The number of carbonyl (C=O) groups is 1. The first-order chi connectivity index (χ1) is 5.15. The van der Waals surface area contributed by atoms with Crippen LogP contribution in [0, 0.1) is 0 Å². The Labute approximate surface area is 67.1 Å². The van der Waals surface area contributed by atoms with Crippen molar-refractivity contribution in [1.29, 1.82) is 0 Å². The Morgan fingerprint density at radius 2 is 2.36 bits per heavy atom. The molecule has 11 heavy (non-hydrogen) atoms. The van der Waals surface area contributed by atoms with Gasteiger partial charge in [-0.2, -0.15) is 4.98 Å². The van der Waals surface area contributed by atoms with E-state index in [0.717, 1.165) is 11.3 Å². The highest BCUT2D eigenvalue weighted by Gasteiger charge is 2.13. The fourth-order valence-corrected chi connectivity index (χ4v) is 1.40. The number of hydrogen-bond acceptors (Lipinski definition) is 4. The lowest BCUT2D eigenvalue weighted by molar-refractivity contribution is 0.0695. The Hall–Kier alpha value is -1.10. The van der Waals surface area contributed by atoms with Crippen LogP contribution in [-0.2, 0) is 6.42 Å². The number of aromatic hydroxyl groups is 1. The number of nitrogens with zero attached hydrogens (tertiary/aromatic N) is 1. The van der Waals surface area contributed by atoms with Crippen molar-refractivity contribution in [3.8, 4) is 5.88 Å². The van der Waals surface area contributed by atoms with Gasteiger partial charge in [0.2, 0.25) is 10.9 Å². The van der Waals surface area contributed by atoms with Crippen molar-refractivity contribution in [2.24, 2.45) is 0 Å². The van der Waals surface area contributed by atoms with Crippen LogP contribution in [0.15, 0.2) is 0 Å². The van der Waals surface area contributed by atoms with Crippen molar-refractivity contribution < 1.29 is 15.0 Å². The molecule has 0 aliphatic carbocycles. The summed E-state index contributed by atoms with van der Waals surface area (Å²) in [5.74, 6) is -1.25. The van der Waals surface area contributed by atoms with E-state index in [1.807, 2.05) is 6.92 Å². The lowest BCUT2D eigenvalue weighted by Gasteiger charge is -1.84. The van der Waals surface area contributed by atoms with Gasteiger partial charge in [-0.25, -0.2) is 4.79 Å². The second-order valence-corrected chi connectivity index (χ2v) is 3.01. The van der Waals surface area contributed by atoms with Crippen molar-refractivity contribution in [1.82, 2.24) is 4.98 Å². The van der Waals surface area contributed by atoms with E-state index in [4.69, 9.17) is 10.2 Å². The van der Waals surface area contributed by atoms with Crippen LogP contribution in [0.2, 0.25) is 0 Å². The fraction of sp³-hybridized carbons (Fsp3) is 0.333.